The summed E-state index contributed by atoms with van der Waals surface area (Å²) in [6, 6.07) is 0. The highest BCUT2D eigenvalue weighted by molar-refractivity contribution is 5.84. The third-order valence-corrected chi connectivity index (χ3v) is 8.96. The fourth-order valence-corrected chi connectivity index (χ4v) is 7.88. The molecule has 0 aromatic rings. The van der Waals surface area contributed by atoms with Crippen molar-refractivity contribution < 1.29 is 4.79 Å². The quantitative estimate of drug-likeness (QED) is 0.614. The highest BCUT2D eigenvalue weighted by atomic mass is 16.1. The van der Waals surface area contributed by atoms with Crippen LogP contribution in [0.3, 0.4) is 0 Å². The second-order valence-electron chi connectivity index (χ2n) is 9.61. The molecule has 4 aliphatic carbocycles. The second-order valence-corrected chi connectivity index (χ2v) is 9.61. The van der Waals surface area contributed by atoms with Gasteiger partial charge < -0.3 is 0 Å². The molecule has 0 aliphatic heterocycles. The highest BCUT2D eigenvalue weighted by Crippen LogP contribution is 2.66. The second kappa shape index (κ2) is 5.08. The van der Waals surface area contributed by atoms with Gasteiger partial charge in [0.25, 0.3) is 0 Å². The molecule has 124 valence electrons. The van der Waals surface area contributed by atoms with Crippen LogP contribution in [0.5, 0.6) is 0 Å². The smallest absolute Gasteiger partial charge is 0.137 e. The maximum Gasteiger partial charge on any atom is 0.137 e. The normalized spacial score (nSPS) is 54.5. The maximum absolute atomic E-state index is 13.3. The largest absolute Gasteiger partial charge is 0.299 e. The van der Waals surface area contributed by atoms with Gasteiger partial charge in [0, 0.05) is 12.3 Å². The first-order valence-electron chi connectivity index (χ1n) is 10.0. The van der Waals surface area contributed by atoms with Gasteiger partial charge in [-0.05, 0) is 73.0 Å². The number of fused-ring (bicyclic) bond motifs is 5. The summed E-state index contributed by atoms with van der Waals surface area (Å²) in [5.41, 5.74) is 0.689. The fraction of sp³-hybridized carbons (Fsp3) is 0.952. The van der Waals surface area contributed by atoms with E-state index in [1.807, 2.05) is 0 Å². The van der Waals surface area contributed by atoms with Crippen LogP contribution in [-0.2, 0) is 4.79 Å². The van der Waals surface area contributed by atoms with Crippen molar-refractivity contribution in [3.8, 4) is 0 Å². The van der Waals surface area contributed by atoms with E-state index in [2.05, 4.69) is 20.8 Å². The van der Waals surface area contributed by atoms with Crippen LogP contribution in [0.15, 0.2) is 0 Å². The summed E-state index contributed by atoms with van der Waals surface area (Å²) in [5.74, 6) is 4.30. The van der Waals surface area contributed by atoms with Gasteiger partial charge in [0.05, 0.1) is 0 Å². The van der Waals surface area contributed by atoms with Gasteiger partial charge in [-0.1, -0.05) is 40.0 Å². The van der Waals surface area contributed by atoms with Crippen LogP contribution < -0.4 is 0 Å². The topological polar surface area (TPSA) is 17.1 Å². The molecule has 0 amide bonds. The minimum Gasteiger partial charge on any atom is -0.299 e. The van der Waals surface area contributed by atoms with Crippen LogP contribution in [0, 0.1) is 40.4 Å². The zero-order valence-electron chi connectivity index (χ0n) is 14.9. The number of Topliss-reactive ketones (excluding diaryl/α,β-unsaturated/α-hetero) is 1. The summed E-state index contributed by atoms with van der Waals surface area (Å²) >= 11 is 0. The Morgan fingerprint density at radius 3 is 2.59 bits per heavy atom. The summed E-state index contributed by atoms with van der Waals surface area (Å²) in [4.78, 5) is 13.3. The number of rotatable bonds is 1. The van der Waals surface area contributed by atoms with Crippen LogP contribution in [0.4, 0.5) is 0 Å². The van der Waals surface area contributed by atoms with E-state index in [4.69, 9.17) is 0 Å². The standard InChI is InChI=1S/C21H34O/c1-4-14-9-11-17-16-10-8-15-7-5-6-12-20(15,2)19(16)18(22)13-21(14,17)3/h14-17,19H,4-13H2,1-3H3/t14-,15+,16-,17-,19+,20-,21+/m0/s1. The predicted molar refractivity (Wildman–Crippen MR) is 90.5 cm³/mol. The first-order valence-corrected chi connectivity index (χ1v) is 10.0. The van der Waals surface area contributed by atoms with E-state index in [0.717, 1.165) is 30.1 Å². The zero-order valence-corrected chi connectivity index (χ0v) is 14.9. The maximum atomic E-state index is 13.3. The summed E-state index contributed by atoms with van der Waals surface area (Å²) in [6.45, 7) is 7.32. The van der Waals surface area contributed by atoms with E-state index in [1.165, 1.54) is 57.8 Å². The van der Waals surface area contributed by atoms with Gasteiger partial charge in [-0.25, -0.2) is 0 Å². The summed E-state index contributed by atoms with van der Waals surface area (Å²) in [6.07, 6.45) is 13.2. The lowest BCUT2D eigenvalue weighted by atomic mass is 9.44. The van der Waals surface area contributed by atoms with E-state index in [-0.39, 0.29) is 0 Å². The molecule has 0 heterocycles. The van der Waals surface area contributed by atoms with Gasteiger partial charge in [-0.2, -0.15) is 0 Å². The van der Waals surface area contributed by atoms with Crippen molar-refractivity contribution in [1.82, 2.24) is 0 Å². The molecule has 1 heteroatoms. The molecule has 0 unspecified atom stereocenters. The molecular formula is C21H34O. The molecule has 0 spiro atoms. The summed E-state index contributed by atoms with van der Waals surface area (Å²) < 4.78 is 0. The molecule has 0 aromatic heterocycles. The van der Waals surface area contributed by atoms with Crippen molar-refractivity contribution in [3.63, 3.8) is 0 Å². The molecule has 7 atom stereocenters. The van der Waals surface area contributed by atoms with E-state index in [0.29, 0.717) is 22.5 Å². The van der Waals surface area contributed by atoms with E-state index in [9.17, 15) is 4.79 Å². The van der Waals surface area contributed by atoms with Crippen LogP contribution in [-0.4, -0.2) is 5.78 Å². The van der Waals surface area contributed by atoms with Crippen LogP contribution >= 0.6 is 0 Å². The van der Waals surface area contributed by atoms with E-state index < -0.39 is 0 Å². The highest BCUT2D eigenvalue weighted by Gasteiger charge is 2.62. The van der Waals surface area contributed by atoms with Crippen molar-refractivity contribution in [2.75, 3.05) is 0 Å². The van der Waals surface area contributed by atoms with Gasteiger partial charge in [0.2, 0.25) is 0 Å². The van der Waals surface area contributed by atoms with Gasteiger partial charge in [0.15, 0.2) is 0 Å². The average molecular weight is 303 g/mol. The Balaban J connectivity index is 1.69. The Kier molecular flexibility index (Phi) is 3.51. The van der Waals surface area contributed by atoms with Crippen molar-refractivity contribution >= 4 is 5.78 Å². The Morgan fingerprint density at radius 1 is 1.00 bits per heavy atom. The zero-order chi connectivity index (χ0) is 15.5. The van der Waals surface area contributed by atoms with Crippen molar-refractivity contribution in [3.05, 3.63) is 0 Å². The molecule has 1 nitrogen and oxygen atoms in total. The molecule has 4 aliphatic rings. The molecule has 4 fully saturated rings. The number of ketones is 1. The minimum absolute atomic E-state index is 0.338. The first kappa shape index (κ1) is 15.2. The number of hydrogen-bond acceptors (Lipinski definition) is 1. The van der Waals surface area contributed by atoms with E-state index in [1.54, 1.807) is 0 Å². The Bertz CT molecular complexity index is 469. The molecule has 0 radical (unpaired) electrons. The molecule has 0 N–H and O–H groups in total. The Morgan fingerprint density at radius 2 is 1.82 bits per heavy atom. The SMILES string of the molecule is CC[C@H]1CC[C@H]2[C@@H]3CC[C@H]4CCCC[C@]4(C)[C@H]3C(=O)C[C@]12C. The third kappa shape index (κ3) is 1.86. The van der Waals surface area contributed by atoms with Gasteiger partial charge in [-0.15, -0.1) is 0 Å². The number of hydrogen-bond donors (Lipinski definition) is 0. The molecule has 4 saturated carbocycles. The molecule has 0 aromatic carbocycles. The van der Waals surface area contributed by atoms with Crippen LogP contribution in [0.2, 0.25) is 0 Å². The van der Waals surface area contributed by atoms with Gasteiger partial charge >= 0.3 is 0 Å². The molecule has 4 rings (SSSR count). The van der Waals surface area contributed by atoms with E-state index >= 15 is 0 Å². The van der Waals surface area contributed by atoms with Gasteiger partial charge in [0.1, 0.15) is 5.78 Å². The lowest BCUT2D eigenvalue weighted by Gasteiger charge is -2.59. The van der Waals surface area contributed by atoms with Crippen LogP contribution in [0.25, 0.3) is 0 Å². The molecule has 22 heavy (non-hydrogen) atoms. The summed E-state index contributed by atoms with van der Waals surface area (Å²) in [5, 5.41) is 0. The number of carbonyl (C=O) groups excluding carboxylic acids is 1. The van der Waals surface area contributed by atoms with Gasteiger partial charge in [-0.3, -0.25) is 4.79 Å². The Hall–Kier alpha value is -0.330. The Labute approximate surface area is 136 Å². The minimum atomic E-state index is 0.338. The van der Waals surface area contributed by atoms with Crippen LogP contribution in [0.1, 0.15) is 85.0 Å². The summed E-state index contributed by atoms with van der Waals surface area (Å²) in [7, 11) is 0. The lowest BCUT2D eigenvalue weighted by Crippen LogP contribution is -2.56. The number of carbonyl (C=O) groups is 1. The monoisotopic (exact) mass is 302 g/mol. The molecule has 0 saturated heterocycles. The average Bonchev–Trinajstić information content (AvgIpc) is 2.82. The fourth-order valence-electron chi connectivity index (χ4n) is 7.88. The van der Waals surface area contributed by atoms with Crippen molar-refractivity contribution in [1.29, 1.82) is 0 Å². The van der Waals surface area contributed by atoms with Crippen molar-refractivity contribution in [2.24, 2.45) is 40.4 Å². The lowest BCUT2D eigenvalue weighted by molar-refractivity contribution is -0.157. The molecule has 0 bridgehead atoms. The predicted octanol–water partition coefficient (Wildman–Crippen LogP) is 5.62. The van der Waals surface area contributed by atoms with Crippen molar-refractivity contribution in [2.45, 2.75) is 85.0 Å². The first-order chi connectivity index (χ1) is 10.5. The molecular weight excluding hydrogens is 268 g/mol. The third-order valence-electron chi connectivity index (χ3n) is 8.96.